The van der Waals surface area contributed by atoms with Gasteiger partial charge in [-0.25, -0.2) is 0 Å². The lowest BCUT2D eigenvalue weighted by Gasteiger charge is -2.11. The maximum atomic E-state index is 12.4. The van der Waals surface area contributed by atoms with Gasteiger partial charge in [0.05, 0.1) is 24.3 Å². The van der Waals surface area contributed by atoms with Gasteiger partial charge in [0.25, 0.3) is 0 Å². The minimum absolute atomic E-state index is 0.129. The van der Waals surface area contributed by atoms with Crippen LogP contribution in [0.25, 0.3) is 17.3 Å². The van der Waals surface area contributed by atoms with Crippen molar-refractivity contribution in [3.8, 4) is 23.0 Å². The molecular weight excluding hydrogens is 448 g/mol. The minimum atomic E-state index is -0.129. The fourth-order valence-corrected chi connectivity index (χ4v) is 4.02. The smallest absolute Gasteiger partial charge is 0.230 e. The average Bonchev–Trinajstić information content (AvgIpc) is 3.48. The van der Waals surface area contributed by atoms with Gasteiger partial charge in [0, 0.05) is 11.6 Å². The predicted molar refractivity (Wildman–Crippen MR) is 124 cm³/mol. The van der Waals surface area contributed by atoms with Gasteiger partial charge in [-0.05, 0) is 55.0 Å². The Morgan fingerprint density at radius 2 is 1.94 bits per heavy atom. The summed E-state index contributed by atoms with van der Waals surface area (Å²) >= 11 is 7.45. The zero-order valence-corrected chi connectivity index (χ0v) is 18.9. The summed E-state index contributed by atoms with van der Waals surface area (Å²) in [6.07, 6.45) is 1.58. The van der Waals surface area contributed by atoms with E-state index in [1.807, 2.05) is 60.0 Å². The van der Waals surface area contributed by atoms with Gasteiger partial charge in [-0.15, -0.1) is 10.2 Å². The molecule has 0 saturated heterocycles. The van der Waals surface area contributed by atoms with Crippen LogP contribution in [-0.2, 0) is 11.3 Å². The molecule has 32 heavy (non-hydrogen) atoms. The fraction of sp³-hybridized carbons (Fsp3) is 0.174. The largest absolute Gasteiger partial charge is 0.494 e. The van der Waals surface area contributed by atoms with Crippen molar-refractivity contribution in [3.05, 3.63) is 77.5 Å². The first-order chi connectivity index (χ1) is 15.7. The summed E-state index contributed by atoms with van der Waals surface area (Å²) in [5.41, 5.74) is 1.70. The van der Waals surface area contributed by atoms with Crippen molar-refractivity contribution in [1.29, 1.82) is 0 Å². The number of hydrogen-bond donors (Lipinski definition) is 1. The Hall–Kier alpha value is -3.23. The second-order valence-corrected chi connectivity index (χ2v) is 8.05. The summed E-state index contributed by atoms with van der Waals surface area (Å²) in [6.45, 7) is 2.89. The first kappa shape index (κ1) is 22.0. The topological polar surface area (TPSA) is 82.2 Å². The number of aromatic nitrogens is 3. The molecule has 4 rings (SSSR count). The molecule has 2 aromatic heterocycles. The van der Waals surface area contributed by atoms with Gasteiger partial charge in [0.2, 0.25) is 11.7 Å². The summed E-state index contributed by atoms with van der Waals surface area (Å²) < 4.78 is 12.9. The van der Waals surface area contributed by atoms with Crippen LogP contribution in [0.1, 0.15) is 12.5 Å². The second-order valence-electron chi connectivity index (χ2n) is 6.70. The average molecular weight is 469 g/mol. The van der Waals surface area contributed by atoms with Gasteiger partial charge in [0.1, 0.15) is 5.75 Å². The molecule has 2 aromatic carbocycles. The number of nitrogens with zero attached hydrogens (tertiary/aromatic N) is 3. The molecule has 7 nitrogen and oxygen atoms in total. The summed E-state index contributed by atoms with van der Waals surface area (Å²) in [4.78, 5) is 12.4. The summed E-state index contributed by atoms with van der Waals surface area (Å²) in [7, 11) is 0. The van der Waals surface area contributed by atoms with Gasteiger partial charge >= 0.3 is 0 Å². The lowest BCUT2D eigenvalue weighted by atomic mass is 10.2. The first-order valence-corrected chi connectivity index (χ1v) is 11.4. The zero-order valence-electron chi connectivity index (χ0n) is 17.3. The molecule has 4 aromatic rings. The molecule has 0 fully saturated rings. The number of halogens is 1. The third kappa shape index (κ3) is 5.15. The fourth-order valence-electron chi connectivity index (χ4n) is 3.04. The third-order valence-corrected chi connectivity index (χ3v) is 5.84. The molecule has 0 spiro atoms. The van der Waals surface area contributed by atoms with E-state index in [1.54, 1.807) is 18.4 Å². The Bertz CT molecular complexity index is 1180. The number of thioether (sulfide) groups is 1. The molecule has 1 amide bonds. The molecular formula is C23H21ClN4O3S. The Balaban J connectivity index is 1.51. The van der Waals surface area contributed by atoms with Crippen molar-refractivity contribution >= 4 is 29.3 Å². The van der Waals surface area contributed by atoms with Crippen molar-refractivity contribution in [1.82, 2.24) is 20.1 Å². The Morgan fingerprint density at radius 3 is 2.66 bits per heavy atom. The summed E-state index contributed by atoms with van der Waals surface area (Å²) in [5, 5.41) is 12.7. The summed E-state index contributed by atoms with van der Waals surface area (Å²) in [5.74, 6) is 1.96. The van der Waals surface area contributed by atoms with Crippen molar-refractivity contribution < 1.29 is 13.9 Å². The number of benzene rings is 2. The van der Waals surface area contributed by atoms with E-state index in [0.717, 1.165) is 17.0 Å². The van der Waals surface area contributed by atoms with Crippen LogP contribution in [0.2, 0.25) is 5.02 Å². The molecule has 0 aliphatic carbocycles. The van der Waals surface area contributed by atoms with E-state index in [2.05, 4.69) is 15.5 Å². The highest BCUT2D eigenvalue weighted by atomic mass is 35.5. The van der Waals surface area contributed by atoms with E-state index in [0.29, 0.717) is 34.9 Å². The third-order valence-electron chi connectivity index (χ3n) is 4.55. The highest BCUT2D eigenvalue weighted by Gasteiger charge is 2.19. The van der Waals surface area contributed by atoms with E-state index < -0.39 is 0 Å². The van der Waals surface area contributed by atoms with Crippen molar-refractivity contribution in [2.45, 2.75) is 18.6 Å². The maximum absolute atomic E-state index is 12.4. The van der Waals surface area contributed by atoms with Crippen LogP contribution in [0.5, 0.6) is 5.75 Å². The Labute approximate surface area is 194 Å². The van der Waals surface area contributed by atoms with E-state index in [4.69, 9.17) is 20.8 Å². The molecule has 0 radical (unpaired) electrons. The molecule has 9 heteroatoms. The van der Waals surface area contributed by atoms with Gasteiger partial charge in [-0.2, -0.15) is 0 Å². The molecule has 164 valence electrons. The van der Waals surface area contributed by atoms with Crippen LogP contribution in [-0.4, -0.2) is 33.0 Å². The molecule has 0 unspecified atom stereocenters. The highest BCUT2D eigenvalue weighted by molar-refractivity contribution is 7.99. The van der Waals surface area contributed by atoms with Crippen LogP contribution in [0, 0.1) is 0 Å². The Kier molecular flexibility index (Phi) is 7.14. The number of hydrogen-bond acceptors (Lipinski definition) is 6. The monoisotopic (exact) mass is 468 g/mol. The number of nitrogens with one attached hydrogen (secondary N) is 1. The number of carbonyl (C=O) groups is 1. The van der Waals surface area contributed by atoms with Crippen LogP contribution in [0.4, 0.5) is 0 Å². The van der Waals surface area contributed by atoms with Gasteiger partial charge in [-0.1, -0.05) is 41.6 Å². The van der Waals surface area contributed by atoms with Crippen LogP contribution < -0.4 is 10.1 Å². The number of ether oxygens (including phenoxy) is 1. The first-order valence-electron chi connectivity index (χ1n) is 10.0. The summed E-state index contributed by atoms with van der Waals surface area (Å²) in [6, 6.07) is 18.6. The van der Waals surface area contributed by atoms with E-state index in [-0.39, 0.29) is 11.7 Å². The van der Waals surface area contributed by atoms with Gasteiger partial charge in [0.15, 0.2) is 10.9 Å². The van der Waals surface area contributed by atoms with Crippen LogP contribution in [0.15, 0.2) is 76.5 Å². The zero-order chi connectivity index (χ0) is 22.3. The van der Waals surface area contributed by atoms with Crippen LogP contribution >= 0.6 is 23.4 Å². The molecule has 1 N–H and O–H groups in total. The number of carbonyl (C=O) groups excluding carboxylic acids is 1. The molecule has 0 aliphatic heterocycles. The Morgan fingerprint density at radius 1 is 1.12 bits per heavy atom. The quantitative estimate of drug-likeness (QED) is 0.348. The number of amides is 1. The van der Waals surface area contributed by atoms with Gasteiger partial charge < -0.3 is 14.5 Å². The molecule has 0 bridgehead atoms. The van der Waals surface area contributed by atoms with Crippen molar-refractivity contribution in [2.24, 2.45) is 0 Å². The van der Waals surface area contributed by atoms with E-state index in [1.165, 1.54) is 11.8 Å². The molecule has 0 saturated carbocycles. The second kappa shape index (κ2) is 10.4. The highest BCUT2D eigenvalue weighted by Crippen LogP contribution is 2.29. The van der Waals surface area contributed by atoms with Crippen LogP contribution in [0.3, 0.4) is 0 Å². The normalized spacial score (nSPS) is 10.8. The van der Waals surface area contributed by atoms with Crippen molar-refractivity contribution in [2.75, 3.05) is 12.4 Å². The van der Waals surface area contributed by atoms with E-state index >= 15 is 0 Å². The molecule has 0 aliphatic rings. The standard InChI is InChI=1S/C23H21ClN4O3S/c1-2-30-18-11-9-17(10-12-18)28-22(20-8-5-13-31-20)26-27-23(28)32-15-21(29)25-14-16-6-3-4-7-19(16)24/h3-13H,2,14-15H2,1H3,(H,25,29). The predicted octanol–water partition coefficient (Wildman–Crippen LogP) is 4.99. The molecule has 2 heterocycles. The lowest BCUT2D eigenvalue weighted by Crippen LogP contribution is -2.24. The van der Waals surface area contributed by atoms with Crippen molar-refractivity contribution in [3.63, 3.8) is 0 Å². The minimum Gasteiger partial charge on any atom is -0.494 e. The van der Waals surface area contributed by atoms with Gasteiger partial charge in [-0.3, -0.25) is 9.36 Å². The number of furan rings is 1. The van der Waals surface area contributed by atoms with E-state index in [9.17, 15) is 4.79 Å². The SMILES string of the molecule is CCOc1ccc(-n2c(SCC(=O)NCc3ccccc3Cl)nnc2-c2ccco2)cc1. The number of rotatable bonds is 9. The molecule has 0 atom stereocenters. The lowest BCUT2D eigenvalue weighted by molar-refractivity contribution is -0.118. The maximum Gasteiger partial charge on any atom is 0.230 e.